The lowest BCUT2D eigenvalue weighted by Gasteiger charge is -2.13. The van der Waals surface area contributed by atoms with Crippen LogP contribution in [0.15, 0.2) is 42.5 Å². The number of amides is 1. The molecule has 2 aromatic carbocycles. The van der Waals surface area contributed by atoms with Gasteiger partial charge in [0.1, 0.15) is 6.07 Å². The molecular weight excluding hydrogens is 306 g/mol. The van der Waals surface area contributed by atoms with Crippen LogP contribution in [0.5, 0.6) is 0 Å². The van der Waals surface area contributed by atoms with Gasteiger partial charge in [-0.2, -0.15) is 5.26 Å². The molecule has 0 saturated carbocycles. The maximum absolute atomic E-state index is 12.1. The van der Waals surface area contributed by atoms with E-state index in [0.717, 1.165) is 5.56 Å². The molecule has 122 valence electrons. The molecule has 0 aromatic heterocycles. The van der Waals surface area contributed by atoms with Crippen LogP contribution in [-0.2, 0) is 9.53 Å². The van der Waals surface area contributed by atoms with Crippen molar-refractivity contribution in [3.8, 4) is 6.07 Å². The molecule has 6 heteroatoms. The Bertz CT molecular complexity index is 809. The summed E-state index contributed by atoms with van der Waals surface area (Å²) in [5.41, 5.74) is 2.50. The topological polar surface area (TPSA) is 91.2 Å². The van der Waals surface area contributed by atoms with E-state index in [2.05, 4.69) is 10.6 Å². The average molecular weight is 323 g/mol. The van der Waals surface area contributed by atoms with E-state index in [4.69, 9.17) is 10.00 Å². The zero-order valence-corrected chi connectivity index (χ0v) is 13.4. The van der Waals surface area contributed by atoms with Gasteiger partial charge in [-0.3, -0.25) is 4.79 Å². The Hall–Kier alpha value is -3.33. The fourth-order valence-electron chi connectivity index (χ4n) is 2.25. The average Bonchev–Trinajstić information content (AvgIpc) is 2.59. The van der Waals surface area contributed by atoms with Gasteiger partial charge in [0.05, 0.1) is 30.5 Å². The van der Waals surface area contributed by atoms with Crippen LogP contribution in [0.2, 0.25) is 0 Å². The third kappa shape index (κ3) is 3.90. The summed E-state index contributed by atoms with van der Waals surface area (Å²) in [4.78, 5) is 24.0. The molecule has 0 aliphatic carbocycles. The summed E-state index contributed by atoms with van der Waals surface area (Å²) in [7, 11) is 1.31. The Labute approximate surface area is 140 Å². The van der Waals surface area contributed by atoms with Crippen LogP contribution in [0.1, 0.15) is 21.5 Å². The molecule has 2 rings (SSSR count). The first kappa shape index (κ1) is 17.0. The maximum atomic E-state index is 12.1. The fraction of sp³-hybridized carbons (Fsp3) is 0.167. The summed E-state index contributed by atoms with van der Waals surface area (Å²) >= 11 is 0. The molecule has 0 spiro atoms. The Morgan fingerprint density at radius 3 is 2.54 bits per heavy atom. The van der Waals surface area contributed by atoms with Crippen molar-refractivity contribution in [1.29, 1.82) is 5.26 Å². The number of nitrogens with one attached hydrogen (secondary N) is 2. The van der Waals surface area contributed by atoms with Gasteiger partial charge in [0.2, 0.25) is 5.91 Å². The SMILES string of the molecule is COC(=O)c1c(C)cccc1NCC(=O)Nc1ccccc1C#N. The van der Waals surface area contributed by atoms with Crippen LogP contribution in [0.25, 0.3) is 0 Å². The largest absolute Gasteiger partial charge is 0.465 e. The number of methoxy groups -OCH3 is 1. The second kappa shape index (κ2) is 7.79. The van der Waals surface area contributed by atoms with Crippen molar-refractivity contribution in [2.75, 3.05) is 24.3 Å². The molecule has 2 N–H and O–H groups in total. The molecular formula is C18H17N3O3. The minimum absolute atomic E-state index is 0.0484. The number of rotatable bonds is 5. The van der Waals surface area contributed by atoms with Gasteiger partial charge in [-0.15, -0.1) is 0 Å². The number of hydrogen-bond donors (Lipinski definition) is 2. The van der Waals surface area contributed by atoms with Gasteiger partial charge in [-0.1, -0.05) is 24.3 Å². The van der Waals surface area contributed by atoms with Crippen LogP contribution in [-0.4, -0.2) is 25.5 Å². The molecule has 0 bridgehead atoms. The normalized spacial score (nSPS) is 9.71. The number of para-hydroxylation sites is 1. The fourth-order valence-corrected chi connectivity index (χ4v) is 2.25. The van der Waals surface area contributed by atoms with Gasteiger partial charge < -0.3 is 15.4 Å². The number of benzene rings is 2. The first-order chi connectivity index (χ1) is 11.6. The van der Waals surface area contributed by atoms with Crippen molar-refractivity contribution in [2.24, 2.45) is 0 Å². The Morgan fingerprint density at radius 1 is 1.12 bits per heavy atom. The smallest absolute Gasteiger partial charge is 0.340 e. The molecule has 0 aliphatic rings. The van der Waals surface area contributed by atoms with E-state index >= 15 is 0 Å². The van der Waals surface area contributed by atoms with Gasteiger partial charge in [-0.25, -0.2) is 4.79 Å². The van der Waals surface area contributed by atoms with E-state index in [0.29, 0.717) is 22.5 Å². The van der Waals surface area contributed by atoms with Gasteiger partial charge in [-0.05, 0) is 30.7 Å². The van der Waals surface area contributed by atoms with E-state index in [1.807, 2.05) is 6.07 Å². The summed E-state index contributed by atoms with van der Waals surface area (Å²) < 4.78 is 4.77. The minimum atomic E-state index is -0.467. The van der Waals surface area contributed by atoms with Crippen LogP contribution < -0.4 is 10.6 Å². The zero-order chi connectivity index (χ0) is 17.5. The Morgan fingerprint density at radius 2 is 1.83 bits per heavy atom. The third-order valence-corrected chi connectivity index (χ3v) is 3.42. The van der Waals surface area contributed by atoms with Crippen molar-refractivity contribution >= 4 is 23.3 Å². The van der Waals surface area contributed by atoms with Gasteiger partial charge >= 0.3 is 5.97 Å². The summed E-state index contributed by atoms with van der Waals surface area (Å²) in [6, 6.07) is 14.0. The number of nitrogens with zero attached hydrogens (tertiary/aromatic N) is 1. The third-order valence-electron chi connectivity index (χ3n) is 3.42. The quantitative estimate of drug-likeness (QED) is 0.826. The molecule has 0 fully saturated rings. The number of aryl methyl sites for hydroxylation is 1. The highest BCUT2D eigenvalue weighted by atomic mass is 16.5. The van der Waals surface area contributed by atoms with Gasteiger partial charge in [0.25, 0.3) is 0 Å². The van der Waals surface area contributed by atoms with E-state index in [1.165, 1.54) is 7.11 Å². The summed E-state index contributed by atoms with van der Waals surface area (Å²) in [6.45, 7) is 1.74. The predicted octanol–water partition coefficient (Wildman–Crippen LogP) is 2.70. The standard InChI is InChI=1S/C18H17N3O3/c1-12-6-5-9-15(17(12)18(23)24-2)20-11-16(22)21-14-8-4-3-7-13(14)10-19/h3-9,20H,11H2,1-2H3,(H,21,22). The first-order valence-electron chi connectivity index (χ1n) is 7.27. The van der Waals surface area contributed by atoms with Crippen LogP contribution in [0.4, 0.5) is 11.4 Å². The van der Waals surface area contributed by atoms with E-state index in [1.54, 1.807) is 49.4 Å². The molecule has 0 saturated heterocycles. The summed E-state index contributed by atoms with van der Waals surface area (Å²) in [5.74, 6) is -0.791. The minimum Gasteiger partial charge on any atom is -0.465 e. The van der Waals surface area contributed by atoms with E-state index in [-0.39, 0.29) is 12.5 Å². The number of carbonyl (C=O) groups excluding carboxylic acids is 2. The number of nitriles is 1. The molecule has 0 atom stereocenters. The van der Waals surface area contributed by atoms with E-state index < -0.39 is 5.97 Å². The number of esters is 1. The lowest BCUT2D eigenvalue weighted by Crippen LogP contribution is -2.23. The van der Waals surface area contributed by atoms with Gasteiger partial charge in [0, 0.05) is 5.69 Å². The highest BCUT2D eigenvalue weighted by Gasteiger charge is 2.15. The molecule has 0 radical (unpaired) electrons. The second-order valence-electron chi connectivity index (χ2n) is 5.05. The molecule has 0 aliphatic heterocycles. The first-order valence-corrected chi connectivity index (χ1v) is 7.27. The van der Waals surface area contributed by atoms with Crippen molar-refractivity contribution in [3.63, 3.8) is 0 Å². The number of carbonyl (C=O) groups is 2. The lowest BCUT2D eigenvalue weighted by molar-refractivity contribution is -0.114. The monoisotopic (exact) mass is 323 g/mol. The van der Waals surface area contributed by atoms with Crippen molar-refractivity contribution in [1.82, 2.24) is 0 Å². The highest BCUT2D eigenvalue weighted by Crippen LogP contribution is 2.20. The maximum Gasteiger partial charge on any atom is 0.340 e. The van der Waals surface area contributed by atoms with Crippen LogP contribution >= 0.6 is 0 Å². The second-order valence-corrected chi connectivity index (χ2v) is 5.05. The molecule has 6 nitrogen and oxygen atoms in total. The number of hydrogen-bond acceptors (Lipinski definition) is 5. The molecule has 1 amide bonds. The van der Waals surface area contributed by atoms with Crippen LogP contribution in [0.3, 0.4) is 0 Å². The zero-order valence-electron chi connectivity index (χ0n) is 13.4. The Kier molecular flexibility index (Phi) is 5.53. The molecule has 0 unspecified atom stereocenters. The van der Waals surface area contributed by atoms with Crippen molar-refractivity contribution < 1.29 is 14.3 Å². The summed E-state index contributed by atoms with van der Waals surface area (Å²) in [5, 5.41) is 14.6. The highest BCUT2D eigenvalue weighted by molar-refractivity contribution is 5.99. The molecule has 0 heterocycles. The Balaban J connectivity index is 2.09. The predicted molar refractivity (Wildman–Crippen MR) is 90.8 cm³/mol. The molecule has 2 aromatic rings. The lowest BCUT2D eigenvalue weighted by atomic mass is 10.1. The summed E-state index contributed by atoms with van der Waals surface area (Å²) in [6.07, 6.45) is 0. The van der Waals surface area contributed by atoms with Crippen molar-refractivity contribution in [2.45, 2.75) is 6.92 Å². The van der Waals surface area contributed by atoms with Crippen molar-refractivity contribution in [3.05, 3.63) is 59.2 Å². The van der Waals surface area contributed by atoms with Crippen LogP contribution in [0, 0.1) is 18.3 Å². The number of anilines is 2. The number of ether oxygens (including phenoxy) is 1. The van der Waals surface area contributed by atoms with Gasteiger partial charge in [0.15, 0.2) is 0 Å². The molecule has 24 heavy (non-hydrogen) atoms. The van der Waals surface area contributed by atoms with E-state index in [9.17, 15) is 9.59 Å².